The highest BCUT2D eigenvalue weighted by Crippen LogP contribution is 2.30. The number of halogens is 1. The van der Waals surface area contributed by atoms with E-state index in [1.165, 1.54) is 23.5 Å². The van der Waals surface area contributed by atoms with Gasteiger partial charge in [0.05, 0.1) is 12.3 Å². The molecular formula is C16H18FN3O3S. The van der Waals surface area contributed by atoms with Gasteiger partial charge < -0.3 is 15.4 Å². The van der Waals surface area contributed by atoms with Gasteiger partial charge in [0.1, 0.15) is 5.82 Å². The molecule has 1 aromatic carbocycles. The molecular weight excluding hydrogens is 333 g/mol. The van der Waals surface area contributed by atoms with Crippen LogP contribution in [-0.2, 0) is 9.53 Å². The highest BCUT2D eigenvalue weighted by Gasteiger charge is 2.12. The van der Waals surface area contributed by atoms with E-state index in [1.54, 1.807) is 19.1 Å². The molecule has 0 aliphatic rings. The molecule has 0 bridgehead atoms. The summed E-state index contributed by atoms with van der Waals surface area (Å²) in [5.74, 6) is -0.569. The lowest BCUT2D eigenvalue weighted by Gasteiger charge is -2.04. The molecule has 6 nitrogen and oxygen atoms in total. The number of thiazole rings is 1. The van der Waals surface area contributed by atoms with Crippen LogP contribution >= 0.6 is 11.3 Å². The van der Waals surface area contributed by atoms with Gasteiger partial charge in [-0.1, -0.05) is 0 Å². The molecule has 0 saturated carbocycles. The third-order valence-electron chi connectivity index (χ3n) is 3.06. The fraction of sp³-hybridized carbons (Fsp3) is 0.312. The van der Waals surface area contributed by atoms with Crippen molar-refractivity contribution in [3.63, 3.8) is 0 Å². The zero-order chi connectivity index (χ0) is 17.5. The van der Waals surface area contributed by atoms with Crippen LogP contribution in [0.25, 0.3) is 11.3 Å². The van der Waals surface area contributed by atoms with Crippen molar-refractivity contribution in [1.82, 2.24) is 10.3 Å². The zero-order valence-corrected chi connectivity index (χ0v) is 14.2. The number of hydrogen-bond acceptors (Lipinski definition) is 5. The molecule has 2 N–H and O–H groups in total. The van der Waals surface area contributed by atoms with Gasteiger partial charge in [-0.2, -0.15) is 0 Å². The maximum Gasteiger partial charge on any atom is 0.407 e. The summed E-state index contributed by atoms with van der Waals surface area (Å²) in [5, 5.41) is 5.63. The van der Waals surface area contributed by atoms with Crippen LogP contribution in [-0.4, -0.2) is 30.1 Å². The number of anilines is 1. The van der Waals surface area contributed by atoms with Crippen LogP contribution in [0.4, 0.5) is 14.3 Å². The van der Waals surface area contributed by atoms with Crippen LogP contribution in [0.5, 0.6) is 0 Å². The molecule has 0 fully saturated rings. The Kier molecular flexibility index (Phi) is 6.25. The first kappa shape index (κ1) is 17.9. The Morgan fingerprint density at radius 3 is 2.67 bits per heavy atom. The SMILES string of the molecule is CCOC(=O)NCCC(=O)Nc1nc(-c2ccc(F)cc2)c(C)s1. The fourth-order valence-corrected chi connectivity index (χ4v) is 2.82. The van der Waals surface area contributed by atoms with Crippen molar-refractivity contribution >= 4 is 28.5 Å². The van der Waals surface area contributed by atoms with Crippen molar-refractivity contribution in [3.8, 4) is 11.3 Å². The van der Waals surface area contributed by atoms with E-state index in [4.69, 9.17) is 4.74 Å². The molecule has 2 amide bonds. The summed E-state index contributed by atoms with van der Waals surface area (Å²) < 4.78 is 17.7. The van der Waals surface area contributed by atoms with Gasteiger partial charge in [-0.05, 0) is 38.1 Å². The van der Waals surface area contributed by atoms with Crippen LogP contribution in [0.15, 0.2) is 24.3 Å². The summed E-state index contributed by atoms with van der Waals surface area (Å²) in [4.78, 5) is 28.3. The van der Waals surface area contributed by atoms with E-state index in [0.29, 0.717) is 10.8 Å². The quantitative estimate of drug-likeness (QED) is 0.836. The number of ether oxygens (including phenoxy) is 1. The van der Waals surface area contributed by atoms with Gasteiger partial charge in [-0.3, -0.25) is 4.79 Å². The largest absolute Gasteiger partial charge is 0.450 e. The maximum atomic E-state index is 13.0. The second-order valence-electron chi connectivity index (χ2n) is 4.88. The number of hydrogen-bond donors (Lipinski definition) is 2. The van der Waals surface area contributed by atoms with Crippen molar-refractivity contribution in [3.05, 3.63) is 35.0 Å². The van der Waals surface area contributed by atoms with Crippen LogP contribution in [0.2, 0.25) is 0 Å². The van der Waals surface area contributed by atoms with Crippen molar-refractivity contribution < 1.29 is 18.7 Å². The summed E-state index contributed by atoms with van der Waals surface area (Å²) in [6.45, 7) is 4.05. The van der Waals surface area contributed by atoms with E-state index in [2.05, 4.69) is 15.6 Å². The van der Waals surface area contributed by atoms with Gasteiger partial charge in [0.15, 0.2) is 5.13 Å². The first-order valence-electron chi connectivity index (χ1n) is 7.43. The minimum absolute atomic E-state index is 0.114. The number of nitrogens with one attached hydrogen (secondary N) is 2. The van der Waals surface area contributed by atoms with Crippen molar-refractivity contribution in [2.24, 2.45) is 0 Å². The summed E-state index contributed by atoms with van der Waals surface area (Å²) in [6.07, 6.45) is -0.433. The highest BCUT2D eigenvalue weighted by atomic mass is 32.1. The first-order valence-corrected chi connectivity index (χ1v) is 8.25. The number of alkyl carbamates (subject to hydrolysis) is 1. The molecule has 0 aliphatic carbocycles. The molecule has 0 atom stereocenters. The maximum absolute atomic E-state index is 13.0. The molecule has 2 rings (SSSR count). The third-order valence-corrected chi connectivity index (χ3v) is 3.94. The van der Waals surface area contributed by atoms with Crippen molar-refractivity contribution in [2.45, 2.75) is 20.3 Å². The first-order chi connectivity index (χ1) is 11.5. The zero-order valence-electron chi connectivity index (χ0n) is 13.4. The van der Waals surface area contributed by atoms with E-state index < -0.39 is 6.09 Å². The molecule has 1 aromatic heterocycles. The van der Waals surface area contributed by atoms with E-state index in [-0.39, 0.29) is 31.3 Å². The predicted octanol–water partition coefficient (Wildman–Crippen LogP) is 3.33. The van der Waals surface area contributed by atoms with Gasteiger partial charge in [0.25, 0.3) is 0 Å². The Morgan fingerprint density at radius 2 is 2.00 bits per heavy atom. The van der Waals surface area contributed by atoms with Crippen molar-refractivity contribution in [1.29, 1.82) is 0 Å². The second-order valence-corrected chi connectivity index (χ2v) is 6.08. The summed E-state index contributed by atoms with van der Waals surface area (Å²) in [7, 11) is 0. The van der Waals surface area contributed by atoms with Crippen LogP contribution < -0.4 is 10.6 Å². The van der Waals surface area contributed by atoms with E-state index in [0.717, 1.165) is 10.4 Å². The van der Waals surface area contributed by atoms with Crippen LogP contribution in [0.3, 0.4) is 0 Å². The van der Waals surface area contributed by atoms with Crippen LogP contribution in [0, 0.1) is 12.7 Å². The fourth-order valence-electron chi connectivity index (χ4n) is 1.97. The summed E-state index contributed by atoms with van der Waals surface area (Å²) in [6, 6.07) is 6.03. The Morgan fingerprint density at radius 1 is 1.29 bits per heavy atom. The van der Waals surface area contributed by atoms with Gasteiger partial charge >= 0.3 is 6.09 Å². The Bertz CT molecular complexity index is 716. The summed E-state index contributed by atoms with van der Waals surface area (Å²) in [5.41, 5.74) is 1.49. The number of rotatable bonds is 6. The Balaban J connectivity index is 1.91. The lowest BCUT2D eigenvalue weighted by molar-refractivity contribution is -0.116. The Labute approximate surface area is 143 Å². The minimum Gasteiger partial charge on any atom is -0.450 e. The monoisotopic (exact) mass is 351 g/mol. The Hall–Kier alpha value is -2.48. The molecule has 1 heterocycles. The molecule has 0 unspecified atom stereocenters. The lowest BCUT2D eigenvalue weighted by atomic mass is 10.1. The molecule has 8 heteroatoms. The molecule has 2 aromatic rings. The number of nitrogens with zero attached hydrogens (tertiary/aromatic N) is 1. The molecule has 24 heavy (non-hydrogen) atoms. The normalized spacial score (nSPS) is 10.3. The highest BCUT2D eigenvalue weighted by molar-refractivity contribution is 7.16. The average Bonchev–Trinajstić information content (AvgIpc) is 2.88. The predicted molar refractivity (Wildman–Crippen MR) is 90.5 cm³/mol. The van der Waals surface area contributed by atoms with E-state index >= 15 is 0 Å². The van der Waals surface area contributed by atoms with E-state index in [9.17, 15) is 14.0 Å². The van der Waals surface area contributed by atoms with Gasteiger partial charge in [0.2, 0.25) is 5.91 Å². The van der Waals surface area contributed by atoms with E-state index in [1.807, 2.05) is 6.92 Å². The van der Waals surface area contributed by atoms with Crippen LogP contribution in [0.1, 0.15) is 18.2 Å². The topological polar surface area (TPSA) is 80.3 Å². The molecule has 0 aliphatic heterocycles. The number of benzene rings is 1. The van der Waals surface area contributed by atoms with Gasteiger partial charge in [-0.25, -0.2) is 14.2 Å². The average molecular weight is 351 g/mol. The van der Waals surface area contributed by atoms with Crippen molar-refractivity contribution in [2.75, 3.05) is 18.5 Å². The number of carbonyl (C=O) groups excluding carboxylic acids is 2. The molecule has 0 saturated heterocycles. The molecule has 0 radical (unpaired) electrons. The number of aryl methyl sites for hydroxylation is 1. The smallest absolute Gasteiger partial charge is 0.407 e. The summed E-state index contributed by atoms with van der Waals surface area (Å²) >= 11 is 1.34. The molecule has 128 valence electrons. The van der Waals surface area contributed by atoms with Gasteiger partial charge in [0, 0.05) is 23.4 Å². The lowest BCUT2D eigenvalue weighted by Crippen LogP contribution is -2.28. The van der Waals surface area contributed by atoms with Gasteiger partial charge in [-0.15, -0.1) is 11.3 Å². The molecule has 0 spiro atoms. The number of carbonyl (C=O) groups is 2. The third kappa shape index (κ3) is 5.02. The standard InChI is InChI=1S/C16H18FN3O3S/c1-3-23-16(22)18-9-8-13(21)19-15-20-14(10(2)24-15)11-4-6-12(17)7-5-11/h4-7H,3,8-9H2,1-2H3,(H,18,22)(H,19,20,21). The number of aromatic nitrogens is 1. The second kappa shape index (κ2) is 8.39. The minimum atomic E-state index is -0.547. The number of amides is 2.